The molecule has 0 saturated carbocycles. The van der Waals surface area contributed by atoms with E-state index in [1.54, 1.807) is 0 Å². The molecule has 1 aliphatic rings. The first kappa shape index (κ1) is 14.8. The highest BCUT2D eigenvalue weighted by Crippen LogP contribution is 2.31. The Hall–Kier alpha value is -0.220. The van der Waals surface area contributed by atoms with Gasteiger partial charge in [0.05, 0.1) is 12.4 Å². The monoisotopic (exact) mass is 287 g/mol. The first-order valence-corrected chi connectivity index (χ1v) is 8.74. The van der Waals surface area contributed by atoms with Crippen LogP contribution in [0.25, 0.3) is 0 Å². The molecule has 0 radical (unpaired) electrons. The van der Waals surface area contributed by atoms with Crippen LogP contribution in [-0.4, -0.2) is 73.9 Å². The van der Waals surface area contributed by atoms with Crippen LogP contribution >= 0.6 is 0 Å². The molecule has 0 aromatic carbocycles. The van der Waals surface area contributed by atoms with Crippen molar-refractivity contribution in [3.8, 4) is 0 Å². The molecule has 0 unspecified atom stereocenters. The van der Waals surface area contributed by atoms with Gasteiger partial charge in [0.25, 0.3) is 0 Å². The Labute approximate surface area is 101 Å². The van der Waals surface area contributed by atoms with E-state index in [2.05, 4.69) is 0 Å². The average molecular weight is 287 g/mol. The third kappa shape index (κ3) is 2.79. The molecule has 0 bridgehead atoms. The lowest BCUT2D eigenvalue weighted by Gasteiger charge is -2.30. The van der Waals surface area contributed by atoms with Gasteiger partial charge in [-0.3, -0.25) is 0 Å². The predicted molar refractivity (Wildman–Crippen MR) is 61.7 cm³/mol. The zero-order valence-electron chi connectivity index (χ0n) is 9.86. The highest BCUT2D eigenvalue weighted by Gasteiger charge is 2.55. The Bertz CT molecular complexity index is 496. The summed E-state index contributed by atoms with van der Waals surface area (Å²) in [7, 11) is -7.27. The first-order valence-electron chi connectivity index (χ1n) is 4.93. The van der Waals surface area contributed by atoms with Gasteiger partial charge < -0.3 is 10.2 Å². The number of hydrogen-bond donors (Lipinski definition) is 2. The molecular weight excluding hydrogens is 270 g/mol. The molecule has 17 heavy (non-hydrogen) atoms. The molecule has 0 aromatic heterocycles. The van der Waals surface area contributed by atoms with Crippen LogP contribution in [-0.2, 0) is 19.9 Å². The highest BCUT2D eigenvalue weighted by molar-refractivity contribution is 7.91. The first-order chi connectivity index (χ1) is 7.39. The van der Waals surface area contributed by atoms with Crippen molar-refractivity contribution in [2.75, 3.05) is 25.6 Å². The summed E-state index contributed by atoms with van der Waals surface area (Å²) in [4.78, 5) is 0. The van der Waals surface area contributed by atoms with Crippen molar-refractivity contribution >= 4 is 19.9 Å². The average Bonchev–Trinajstić information content (AvgIpc) is 2.42. The molecule has 102 valence electrons. The Morgan fingerprint density at radius 3 is 2.00 bits per heavy atom. The maximum absolute atomic E-state index is 11.5. The lowest BCUT2D eigenvalue weighted by molar-refractivity contribution is -0.0512. The van der Waals surface area contributed by atoms with Gasteiger partial charge in [-0.1, -0.05) is 0 Å². The van der Waals surface area contributed by atoms with Crippen LogP contribution < -0.4 is 0 Å². The Morgan fingerprint density at radius 1 is 1.29 bits per heavy atom. The molecule has 0 aliphatic carbocycles. The van der Waals surface area contributed by atoms with Crippen molar-refractivity contribution in [3.63, 3.8) is 0 Å². The Morgan fingerprint density at radius 2 is 1.76 bits per heavy atom. The van der Waals surface area contributed by atoms with E-state index >= 15 is 0 Å². The summed E-state index contributed by atoms with van der Waals surface area (Å²) >= 11 is 0. The van der Waals surface area contributed by atoms with Gasteiger partial charge in [0.15, 0.2) is 9.84 Å². The van der Waals surface area contributed by atoms with Gasteiger partial charge >= 0.3 is 0 Å². The molecule has 2 N–H and O–H groups in total. The zero-order valence-corrected chi connectivity index (χ0v) is 11.5. The van der Waals surface area contributed by atoms with E-state index in [9.17, 15) is 27.0 Å². The Kier molecular flexibility index (Phi) is 3.63. The van der Waals surface area contributed by atoms with Gasteiger partial charge in [0, 0.05) is 19.3 Å². The molecule has 0 amide bonds. The molecule has 9 heteroatoms. The molecule has 1 rings (SSSR count). The van der Waals surface area contributed by atoms with Crippen molar-refractivity contribution in [2.24, 2.45) is 0 Å². The van der Waals surface area contributed by atoms with E-state index < -0.39 is 43.4 Å². The number of nitrogens with zero attached hydrogens (tertiary/aromatic N) is 1. The number of aliphatic hydroxyl groups excluding tert-OH is 1. The second-order valence-electron chi connectivity index (χ2n) is 4.54. The van der Waals surface area contributed by atoms with E-state index in [0.29, 0.717) is 0 Å². The number of β-amino-alcohol motifs (C(OH)–C–C–N with tert-alkyl or cyclic N) is 1. The molecular formula is C8H17NO6S2. The van der Waals surface area contributed by atoms with Crippen LogP contribution in [0.1, 0.15) is 6.92 Å². The topological polar surface area (TPSA) is 112 Å². The molecule has 1 heterocycles. The van der Waals surface area contributed by atoms with Crippen molar-refractivity contribution < 1.29 is 27.0 Å². The summed E-state index contributed by atoms with van der Waals surface area (Å²) in [5.74, 6) is 0. The maximum Gasteiger partial charge on any atom is 0.211 e. The molecule has 3 atom stereocenters. The minimum absolute atomic E-state index is 0.334. The summed E-state index contributed by atoms with van der Waals surface area (Å²) in [5, 5.41) is 18.3. The van der Waals surface area contributed by atoms with E-state index in [1.807, 2.05) is 0 Å². The SMILES string of the molecule is C[C@H](O)[C@]1(O)CN(S(C)(=O)=O)C[C@@H]1S(C)(=O)=O. The number of sulfone groups is 1. The van der Waals surface area contributed by atoms with Crippen LogP contribution in [0.15, 0.2) is 0 Å². The summed E-state index contributed by atoms with van der Waals surface area (Å²) < 4.78 is 46.6. The molecule has 0 spiro atoms. The van der Waals surface area contributed by atoms with Crippen LogP contribution in [0.5, 0.6) is 0 Å². The lowest BCUT2D eigenvalue weighted by atomic mass is 9.97. The second kappa shape index (κ2) is 4.16. The maximum atomic E-state index is 11.5. The second-order valence-corrected chi connectivity index (χ2v) is 8.75. The summed E-state index contributed by atoms with van der Waals surface area (Å²) in [5.41, 5.74) is -1.96. The van der Waals surface area contributed by atoms with Crippen molar-refractivity contribution in [1.29, 1.82) is 0 Å². The molecule has 1 saturated heterocycles. The fourth-order valence-corrected chi connectivity index (χ4v) is 4.37. The fourth-order valence-electron chi connectivity index (χ4n) is 1.95. The van der Waals surface area contributed by atoms with E-state index in [4.69, 9.17) is 0 Å². The molecule has 1 fully saturated rings. The van der Waals surface area contributed by atoms with E-state index in [1.165, 1.54) is 6.92 Å². The van der Waals surface area contributed by atoms with E-state index in [-0.39, 0.29) is 6.54 Å². The smallest absolute Gasteiger partial charge is 0.211 e. The standard InChI is InChI=1S/C8H17NO6S2/c1-6(10)8(11)5-9(17(3,14)15)4-7(8)16(2,12)13/h6-7,10-11H,4-5H2,1-3H3/t6-,7-,8+/m0/s1. The highest BCUT2D eigenvalue weighted by atomic mass is 32.2. The van der Waals surface area contributed by atoms with Crippen LogP contribution in [0.4, 0.5) is 0 Å². The number of sulfonamides is 1. The molecule has 0 aromatic rings. The predicted octanol–water partition coefficient (Wildman–Crippen LogP) is -2.21. The van der Waals surface area contributed by atoms with E-state index in [0.717, 1.165) is 16.8 Å². The lowest BCUT2D eigenvalue weighted by Crippen LogP contribution is -2.53. The van der Waals surface area contributed by atoms with Gasteiger partial charge in [-0.25, -0.2) is 16.8 Å². The third-order valence-corrected chi connectivity index (χ3v) is 5.87. The Balaban J connectivity index is 3.22. The number of aliphatic hydroxyl groups is 2. The van der Waals surface area contributed by atoms with Gasteiger partial charge in [-0.15, -0.1) is 0 Å². The minimum atomic E-state index is -3.66. The summed E-state index contributed by atoms with van der Waals surface area (Å²) in [6.45, 7) is 0.490. The van der Waals surface area contributed by atoms with Gasteiger partial charge in [-0.05, 0) is 6.92 Å². The normalized spacial score (nSPS) is 33.8. The molecule has 1 aliphatic heterocycles. The van der Waals surface area contributed by atoms with Gasteiger partial charge in [0.1, 0.15) is 10.9 Å². The van der Waals surface area contributed by atoms with Crippen molar-refractivity contribution in [1.82, 2.24) is 4.31 Å². The van der Waals surface area contributed by atoms with Crippen LogP contribution in [0, 0.1) is 0 Å². The summed E-state index contributed by atoms with van der Waals surface area (Å²) in [6, 6.07) is 0. The largest absolute Gasteiger partial charge is 0.390 e. The van der Waals surface area contributed by atoms with Crippen LogP contribution in [0.3, 0.4) is 0 Å². The molecule has 7 nitrogen and oxygen atoms in total. The minimum Gasteiger partial charge on any atom is -0.390 e. The number of hydrogen-bond acceptors (Lipinski definition) is 6. The van der Waals surface area contributed by atoms with Crippen LogP contribution in [0.2, 0.25) is 0 Å². The zero-order chi connectivity index (χ0) is 13.6. The van der Waals surface area contributed by atoms with Crippen molar-refractivity contribution in [3.05, 3.63) is 0 Å². The van der Waals surface area contributed by atoms with Gasteiger partial charge in [0.2, 0.25) is 10.0 Å². The van der Waals surface area contributed by atoms with Gasteiger partial charge in [-0.2, -0.15) is 4.31 Å². The summed E-state index contributed by atoms with van der Waals surface area (Å²) in [6.07, 6.45) is 0.505. The fraction of sp³-hybridized carbons (Fsp3) is 1.00. The number of rotatable bonds is 3. The third-order valence-electron chi connectivity index (χ3n) is 3.07. The van der Waals surface area contributed by atoms with Crippen molar-refractivity contribution in [2.45, 2.75) is 23.9 Å². The quantitative estimate of drug-likeness (QED) is 0.608.